The van der Waals surface area contributed by atoms with Crippen molar-refractivity contribution in [3.8, 4) is 0 Å². The third-order valence-corrected chi connectivity index (χ3v) is 2.44. The van der Waals surface area contributed by atoms with Crippen LogP contribution in [0.2, 0.25) is 0 Å². The number of hydrogen-bond donors (Lipinski definition) is 2. The van der Waals surface area contributed by atoms with E-state index in [4.69, 9.17) is 5.73 Å². The summed E-state index contributed by atoms with van der Waals surface area (Å²) in [6.07, 6.45) is 2.25. The van der Waals surface area contributed by atoms with Gasteiger partial charge in [0, 0.05) is 12.6 Å². The van der Waals surface area contributed by atoms with Crippen molar-refractivity contribution in [1.82, 2.24) is 14.9 Å². The van der Waals surface area contributed by atoms with E-state index in [9.17, 15) is 0 Å². The lowest BCUT2D eigenvalue weighted by Gasteiger charge is -2.09. The summed E-state index contributed by atoms with van der Waals surface area (Å²) in [5.41, 5.74) is 5.60. The van der Waals surface area contributed by atoms with Gasteiger partial charge >= 0.3 is 0 Å². The van der Waals surface area contributed by atoms with Crippen molar-refractivity contribution >= 4 is 27.7 Å². The minimum absolute atomic E-state index is 0.470. The predicted molar refractivity (Wildman–Crippen MR) is 70.4 cm³/mol. The quantitative estimate of drug-likeness (QED) is 0.614. The number of unbranched alkanes of at least 4 members (excludes halogenated alkanes) is 1. The molecule has 3 N–H and O–H groups in total. The zero-order valence-electron chi connectivity index (χ0n) is 9.70. The van der Waals surface area contributed by atoms with E-state index in [1.165, 1.54) is 0 Å². The number of rotatable bonds is 6. The number of nitrogens with two attached hydrogens (primary N) is 1. The molecule has 0 spiro atoms. The largest absolute Gasteiger partial charge is 0.383 e. The molecule has 1 heterocycles. The summed E-state index contributed by atoms with van der Waals surface area (Å²) in [6, 6.07) is 1.68. The Morgan fingerprint density at radius 3 is 2.75 bits per heavy atom. The van der Waals surface area contributed by atoms with Crippen molar-refractivity contribution in [3.63, 3.8) is 0 Å². The molecule has 0 atom stereocenters. The minimum Gasteiger partial charge on any atom is -0.383 e. The monoisotopic (exact) mass is 287 g/mol. The Balaban J connectivity index is 2.26. The Kier molecular flexibility index (Phi) is 5.48. The van der Waals surface area contributed by atoms with Crippen LogP contribution in [0.4, 0.5) is 11.8 Å². The molecule has 0 radical (unpaired) electrons. The van der Waals surface area contributed by atoms with Crippen molar-refractivity contribution in [1.29, 1.82) is 0 Å². The van der Waals surface area contributed by atoms with E-state index < -0.39 is 0 Å². The number of nitrogen functional groups attached to an aromatic ring is 1. The first-order valence-electron chi connectivity index (χ1n) is 5.26. The van der Waals surface area contributed by atoms with Crippen LogP contribution in [0.3, 0.4) is 0 Å². The normalized spacial score (nSPS) is 10.8. The average molecular weight is 288 g/mol. The summed E-state index contributed by atoms with van der Waals surface area (Å²) >= 11 is 3.28. The van der Waals surface area contributed by atoms with E-state index in [1.54, 1.807) is 6.07 Å². The molecule has 1 aromatic rings. The van der Waals surface area contributed by atoms with Gasteiger partial charge in [0.15, 0.2) is 0 Å². The highest BCUT2D eigenvalue weighted by atomic mass is 79.9. The van der Waals surface area contributed by atoms with Gasteiger partial charge in [-0.25, -0.2) is 4.98 Å². The van der Waals surface area contributed by atoms with E-state index in [0.717, 1.165) is 25.9 Å². The second-order valence-electron chi connectivity index (χ2n) is 3.88. The van der Waals surface area contributed by atoms with Crippen LogP contribution in [0.15, 0.2) is 10.7 Å². The van der Waals surface area contributed by atoms with Gasteiger partial charge in [-0.15, -0.1) is 0 Å². The van der Waals surface area contributed by atoms with Gasteiger partial charge in [-0.3, -0.25) is 0 Å². The third kappa shape index (κ3) is 5.27. The maximum atomic E-state index is 5.60. The van der Waals surface area contributed by atoms with Crippen LogP contribution in [0.5, 0.6) is 0 Å². The highest BCUT2D eigenvalue weighted by Gasteiger charge is 1.99. The van der Waals surface area contributed by atoms with Crippen LogP contribution in [0.25, 0.3) is 0 Å². The van der Waals surface area contributed by atoms with E-state index in [0.29, 0.717) is 16.4 Å². The summed E-state index contributed by atoms with van der Waals surface area (Å²) in [6.45, 7) is 1.97. The van der Waals surface area contributed by atoms with Gasteiger partial charge in [0.25, 0.3) is 0 Å². The molecule has 0 aliphatic carbocycles. The number of nitrogens with one attached hydrogen (secondary N) is 1. The smallest absolute Gasteiger partial charge is 0.225 e. The molecule has 0 amide bonds. The fraction of sp³-hybridized carbons (Fsp3) is 0.600. The second kappa shape index (κ2) is 6.65. The maximum absolute atomic E-state index is 5.60. The van der Waals surface area contributed by atoms with Crippen molar-refractivity contribution in [2.24, 2.45) is 0 Å². The average Bonchev–Trinajstić information content (AvgIpc) is 2.15. The highest BCUT2D eigenvalue weighted by Crippen LogP contribution is 2.12. The van der Waals surface area contributed by atoms with Gasteiger partial charge < -0.3 is 16.0 Å². The number of nitrogens with zero attached hydrogens (tertiary/aromatic N) is 3. The van der Waals surface area contributed by atoms with Crippen LogP contribution in [-0.2, 0) is 0 Å². The molecule has 6 heteroatoms. The molecule has 0 fully saturated rings. The number of hydrogen-bond acceptors (Lipinski definition) is 5. The fourth-order valence-corrected chi connectivity index (χ4v) is 1.67. The highest BCUT2D eigenvalue weighted by molar-refractivity contribution is 9.10. The topological polar surface area (TPSA) is 67.1 Å². The second-order valence-corrected chi connectivity index (χ2v) is 4.69. The number of anilines is 2. The first-order valence-corrected chi connectivity index (χ1v) is 6.06. The summed E-state index contributed by atoms with van der Waals surface area (Å²) in [7, 11) is 4.15. The molecule has 5 nitrogen and oxygen atoms in total. The first-order chi connectivity index (χ1) is 7.58. The molecule has 90 valence electrons. The van der Waals surface area contributed by atoms with Crippen LogP contribution in [0.1, 0.15) is 12.8 Å². The first kappa shape index (κ1) is 13.2. The third-order valence-electron chi connectivity index (χ3n) is 2.03. The Morgan fingerprint density at radius 2 is 2.12 bits per heavy atom. The van der Waals surface area contributed by atoms with E-state index in [2.05, 4.69) is 50.2 Å². The van der Waals surface area contributed by atoms with Crippen LogP contribution in [-0.4, -0.2) is 42.1 Å². The Morgan fingerprint density at radius 1 is 1.38 bits per heavy atom. The van der Waals surface area contributed by atoms with Crippen LogP contribution in [0, 0.1) is 0 Å². The van der Waals surface area contributed by atoms with Crippen molar-refractivity contribution in [3.05, 3.63) is 10.7 Å². The molecule has 0 unspecified atom stereocenters. The molecule has 16 heavy (non-hydrogen) atoms. The molecule has 0 bridgehead atoms. The Bertz CT molecular complexity index is 309. The Labute approximate surface area is 105 Å². The summed E-state index contributed by atoms with van der Waals surface area (Å²) in [4.78, 5) is 10.4. The zero-order chi connectivity index (χ0) is 12.0. The van der Waals surface area contributed by atoms with Gasteiger partial charge in [0.1, 0.15) is 10.4 Å². The summed E-state index contributed by atoms with van der Waals surface area (Å²) in [5.74, 6) is 1.05. The van der Waals surface area contributed by atoms with Gasteiger partial charge in [0.2, 0.25) is 5.95 Å². The van der Waals surface area contributed by atoms with Gasteiger partial charge in [-0.2, -0.15) is 4.98 Å². The van der Waals surface area contributed by atoms with E-state index in [-0.39, 0.29) is 0 Å². The molecular weight excluding hydrogens is 270 g/mol. The molecule has 0 aromatic carbocycles. The lowest BCUT2D eigenvalue weighted by Crippen LogP contribution is -2.14. The molecule has 0 aliphatic rings. The van der Waals surface area contributed by atoms with Crippen molar-refractivity contribution < 1.29 is 0 Å². The zero-order valence-corrected chi connectivity index (χ0v) is 11.3. The molecule has 0 saturated carbocycles. The summed E-state index contributed by atoms with van der Waals surface area (Å²) < 4.78 is 0.704. The fourth-order valence-electron chi connectivity index (χ4n) is 1.27. The van der Waals surface area contributed by atoms with Gasteiger partial charge in [-0.05, 0) is 49.4 Å². The van der Waals surface area contributed by atoms with Gasteiger partial charge in [0.05, 0.1) is 0 Å². The molecule has 0 aliphatic heterocycles. The molecule has 0 saturated heterocycles. The summed E-state index contributed by atoms with van der Waals surface area (Å²) in [5, 5.41) is 3.15. The number of halogens is 1. The van der Waals surface area contributed by atoms with E-state index in [1.807, 2.05) is 0 Å². The molecule has 1 rings (SSSR count). The minimum atomic E-state index is 0.470. The standard InChI is InChI=1S/C10H18BrN5/c1-16(2)6-4-3-5-13-10-14-8(11)7-9(12)15-10/h7H,3-6H2,1-2H3,(H3,12,13,14,15). The van der Waals surface area contributed by atoms with Crippen molar-refractivity contribution in [2.75, 3.05) is 38.2 Å². The van der Waals surface area contributed by atoms with Crippen LogP contribution < -0.4 is 11.1 Å². The number of aromatic nitrogens is 2. The predicted octanol–water partition coefficient (Wildman–Crippen LogP) is 1.57. The maximum Gasteiger partial charge on any atom is 0.225 e. The van der Waals surface area contributed by atoms with Crippen LogP contribution >= 0.6 is 15.9 Å². The van der Waals surface area contributed by atoms with E-state index >= 15 is 0 Å². The van der Waals surface area contributed by atoms with Crippen molar-refractivity contribution in [2.45, 2.75) is 12.8 Å². The lowest BCUT2D eigenvalue weighted by atomic mass is 10.3. The SMILES string of the molecule is CN(C)CCCCNc1nc(N)cc(Br)n1. The molecule has 1 aromatic heterocycles. The van der Waals surface area contributed by atoms with Gasteiger partial charge in [-0.1, -0.05) is 0 Å². The molecular formula is C10H18BrN5. The lowest BCUT2D eigenvalue weighted by molar-refractivity contribution is 0.396. The Hall–Kier alpha value is -0.880.